The van der Waals surface area contributed by atoms with E-state index < -0.39 is 0 Å². The molecule has 20 heavy (non-hydrogen) atoms. The van der Waals surface area contributed by atoms with Gasteiger partial charge >= 0.3 is 5.97 Å². The number of ether oxygens (including phenoxy) is 1. The maximum Gasteiger partial charge on any atom is 0.327 e. The van der Waals surface area contributed by atoms with Crippen LogP contribution in [0.3, 0.4) is 0 Å². The Hall–Kier alpha value is -2.28. The number of carbonyl (C=O) groups is 1. The molecule has 0 saturated carbocycles. The van der Waals surface area contributed by atoms with Crippen LogP contribution >= 0.6 is 11.3 Å². The molecule has 3 rings (SSSR count). The average molecular weight is 288 g/mol. The molecule has 0 spiro atoms. The fourth-order valence-corrected chi connectivity index (χ4v) is 3.12. The van der Waals surface area contributed by atoms with E-state index >= 15 is 0 Å². The fourth-order valence-electron chi connectivity index (χ4n) is 1.99. The van der Waals surface area contributed by atoms with Gasteiger partial charge in [-0.05, 0) is 40.4 Å². The Bertz CT molecular complexity index is 778. The molecule has 102 valence electrons. The van der Waals surface area contributed by atoms with Crippen molar-refractivity contribution in [2.24, 2.45) is 0 Å². The summed E-state index contributed by atoms with van der Waals surface area (Å²) < 4.78 is 7.26. The highest BCUT2D eigenvalue weighted by Gasteiger charge is 2.15. The lowest BCUT2D eigenvalue weighted by Crippen LogP contribution is -2.13. The average Bonchev–Trinajstić information content (AvgIpc) is 3.05. The van der Waals surface area contributed by atoms with Gasteiger partial charge in [0.15, 0.2) is 5.82 Å². The number of rotatable bonds is 3. The second-order valence-corrected chi connectivity index (χ2v) is 5.42. The summed E-state index contributed by atoms with van der Waals surface area (Å²) in [6.07, 6.45) is 0. The highest BCUT2D eigenvalue weighted by molar-refractivity contribution is 7.22. The molecule has 0 saturated heterocycles. The SMILES string of the molecule is COC(=O)Cn1nnnc1-c1cc2c(C)cccc2s1. The van der Waals surface area contributed by atoms with Crippen LogP contribution in [0.25, 0.3) is 20.8 Å². The standard InChI is InChI=1S/C13H12N4O2S/c1-8-4-3-5-10-9(8)6-11(20-10)13-14-15-16-17(13)7-12(18)19-2/h3-6H,7H2,1-2H3. The van der Waals surface area contributed by atoms with Crippen LogP contribution in [-0.4, -0.2) is 33.3 Å². The number of tetrazole rings is 1. The number of hydrogen-bond acceptors (Lipinski definition) is 6. The van der Waals surface area contributed by atoms with Gasteiger partial charge in [-0.25, -0.2) is 4.68 Å². The second kappa shape index (κ2) is 5.01. The number of hydrogen-bond donors (Lipinski definition) is 0. The smallest absolute Gasteiger partial charge is 0.327 e. The van der Waals surface area contributed by atoms with Crippen LogP contribution in [0.2, 0.25) is 0 Å². The van der Waals surface area contributed by atoms with Crippen LogP contribution in [0.15, 0.2) is 24.3 Å². The first-order chi connectivity index (χ1) is 9.69. The van der Waals surface area contributed by atoms with E-state index in [0.717, 1.165) is 4.88 Å². The molecule has 3 aromatic rings. The van der Waals surface area contributed by atoms with Crippen molar-refractivity contribution in [2.75, 3.05) is 7.11 Å². The van der Waals surface area contributed by atoms with Crippen LogP contribution in [-0.2, 0) is 16.1 Å². The van der Waals surface area contributed by atoms with Crippen LogP contribution in [0.1, 0.15) is 5.56 Å². The Morgan fingerprint density at radius 2 is 2.30 bits per heavy atom. The van der Waals surface area contributed by atoms with Gasteiger partial charge in [0.2, 0.25) is 0 Å². The van der Waals surface area contributed by atoms with Gasteiger partial charge < -0.3 is 4.74 Å². The topological polar surface area (TPSA) is 69.9 Å². The third-order valence-electron chi connectivity index (χ3n) is 3.04. The summed E-state index contributed by atoms with van der Waals surface area (Å²) in [4.78, 5) is 12.3. The van der Waals surface area contributed by atoms with E-state index in [4.69, 9.17) is 0 Å². The monoisotopic (exact) mass is 288 g/mol. The van der Waals surface area contributed by atoms with E-state index in [2.05, 4.69) is 45.4 Å². The van der Waals surface area contributed by atoms with E-state index in [1.54, 1.807) is 11.3 Å². The minimum atomic E-state index is -0.379. The molecular weight excluding hydrogens is 276 g/mol. The van der Waals surface area contributed by atoms with E-state index in [-0.39, 0.29) is 12.5 Å². The molecule has 0 bridgehead atoms. The van der Waals surface area contributed by atoms with Crippen molar-refractivity contribution in [1.82, 2.24) is 20.2 Å². The number of nitrogens with zero attached hydrogens (tertiary/aromatic N) is 4. The lowest BCUT2D eigenvalue weighted by molar-refractivity contribution is -0.141. The van der Waals surface area contributed by atoms with E-state index in [1.807, 2.05) is 6.07 Å². The Kier molecular flexibility index (Phi) is 3.19. The zero-order valence-corrected chi connectivity index (χ0v) is 11.8. The molecule has 0 unspecified atom stereocenters. The van der Waals surface area contributed by atoms with Crippen molar-refractivity contribution in [3.05, 3.63) is 29.8 Å². The quantitative estimate of drug-likeness (QED) is 0.690. The maximum atomic E-state index is 11.4. The number of thiophene rings is 1. The zero-order chi connectivity index (χ0) is 14.1. The Labute approximate surface area is 119 Å². The molecule has 0 N–H and O–H groups in total. The number of aromatic nitrogens is 4. The minimum Gasteiger partial charge on any atom is -0.468 e. The minimum absolute atomic E-state index is 0.00601. The van der Waals surface area contributed by atoms with Crippen molar-refractivity contribution in [2.45, 2.75) is 13.5 Å². The highest BCUT2D eigenvalue weighted by atomic mass is 32.1. The first-order valence-corrected chi connectivity index (χ1v) is 6.83. The molecule has 0 amide bonds. The van der Waals surface area contributed by atoms with Gasteiger partial charge in [0.25, 0.3) is 0 Å². The number of fused-ring (bicyclic) bond motifs is 1. The third-order valence-corrected chi connectivity index (χ3v) is 4.13. The molecule has 6 nitrogen and oxygen atoms in total. The number of carbonyl (C=O) groups excluding carboxylic acids is 1. The highest BCUT2D eigenvalue weighted by Crippen LogP contribution is 2.33. The number of methoxy groups -OCH3 is 1. The Balaban J connectivity index is 2.05. The number of benzene rings is 1. The molecule has 2 heterocycles. The normalized spacial score (nSPS) is 10.9. The maximum absolute atomic E-state index is 11.4. The number of esters is 1. The van der Waals surface area contributed by atoms with Gasteiger partial charge in [-0.1, -0.05) is 12.1 Å². The van der Waals surface area contributed by atoms with Crippen molar-refractivity contribution < 1.29 is 9.53 Å². The lowest BCUT2D eigenvalue weighted by atomic mass is 10.1. The molecule has 0 aliphatic heterocycles. The van der Waals surface area contributed by atoms with Crippen LogP contribution < -0.4 is 0 Å². The third kappa shape index (κ3) is 2.16. The lowest BCUT2D eigenvalue weighted by Gasteiger charge is -2.00. The van der Waals surface area contributed by atoms with Crippen molar-refractivity contribution >= 4 is 27.4 Å². The van der Waals surface area contributed by atoms with Gasteiger partial charge in [0, 0.05) is 4.70 Å². The summed E-state index contributed by atoms with van der Waals surface area (Å²) in [6.45, 7) is 2.07. The second-order valence-electron chi connectivity index (χ2n) is 4.33. The van der Waals surface area contributed by atoms with E-state index in [1.165, 1.54) is 27.4 Å². The van der Waals surface area contributed by atoms with Gasteiger partial charge in [-0.3, -0.25) is 4.79 Å². The largest absolute Gasteiger partial charge is 0.468 e. The van der Waals surface area contributed by atoms with Crippen molar-refractivity contribution in [3.8, 4) is 10.7 Å². The molecule has 1 aromatic carbocycles. The van der Waals surface area contributed by atoms with Crippen LogP contribution in [0.5, 0.6) is 0 Å². The van der Waals surface area contributed by atoms with Crippen LogP contribution in [0.4, 0.5) is 0 Å². The Morgan fingerprint density at radius 1 is 1.45 bits per heavy atom. The molecule has 7 heteroatoms. The summed E-state index contributed by atoms with van der Waals surface area (Å²) in [6, 6.07) is 8.20. The van der Waals surface area contributed by atoms with Gasteiger partial charge in [-0.2, -0.15) is 0 Å². The summed E-state index contributed by atoms with van der Waals surface area (Å²) >= 11 is 1.60. The molecule has 0 atom stereocenters. The molecule has 2 aromatic heterocycles. The van der Waals surface area contributed by atoms with Crippen molar-refractivity contribution in [3.63, 3.8) is 0 Å². The van der Waals surface area contributed by atoms with Gasteiger partial charge in [-0.15, -0.1) is 16.4 Å². The molecule has 0 aliphatic rings. The molecular formula is C13H12N4O2S. The Morgan fingerprint density at radius 3 is 3.05 bits per heavy atom. The predicted octanol–water partition coefficient (Wildman–Crippen LogP) is 2.04. The van der Waals surface area contributed by atoms with E-state index in [9.17, 15) is 4.79 Å². The first kappa shape index (κ1) is 12.7. The zero-order valence-electron chi connectivity index (χ0n) is 11.0. The van der Waals surface area contributed by atoms with E-state index in [0.29, 0.717) is 5.82 Å². The molecule has 0 aliphatic carbocycles. The van der Waals surface area contributed by atoms with Crippen LogP contribution in [0, 0.1) is 6.92 Å². The summed E-state index contributed by atoms with van der Waals surface area (Å²) in [7, 11) is 1.34. The fraction of sp³-hybridized carbons (Fsp3) is 0.231. The van der Waals surface area contributed by atoms with Gasteiger partial charge in [0.05, 0.1) is 12.0 Å². The summed E-state index contributed by atoms with van der Waals surface area (Å²) in [5.74, 6) is 0.201. The molecule has 0 radical (unpaired) electrons. The predicted molar refractivity (Wildman–Crippen MR) is 75.4 cm³/mol. The van der Waals surface area contributed by atoms with Gasteiger partial charge in [0.1, 0.15) is 6.54 Å². The number of aryl methyl sites for hydroxylation is 1. The summed E-state index contributed by atoms with van der Waals surface area (Å²) in [5.41, 5.74) is 1.21. The summed E-state index contributed by atoms with van der Waals surface area (Å²) in [5, 5.41) is 12.7. The first-order valence-electron chi connectivity index (χ1n) is 6.01. The molecule has 0 fully saturated rings. The van der Waals surface area contributed by atoms with Crippen molar-refractivity contribution in [1.29, 1.82) is 0 Å².